The fourth-order valence-corrected chi connectivity index (χ4v) is 4.57. The lowest BCUT2D eigenvalue weighted by Gasteiger charge is -2.39. The van der Waals surface area contributed by atoms with Crippen molar-refractivity contribution in [2.75, 3.05) is 47.6 Å². The summed E-state index contributed by atoms with van der Waals surface area (Å²) in [5.41, 5.74) is 0.865. The van der Waals surface area contributed by atoms with Gasteiger partial charge in [0.2, 0.25) is 5.91 Å². The third-order valence-corrected chi connectivity index (χ3v) is 6.46. The first-order valence-electron chi connectivity index (χ1n) is 11.0. The predicted molar refractivity (Wildman–Crippen MR) is 127 cm³/mol. The zero-order valence-electron chi connectivity index (χ0n) is 19.3. The van der Waals surface area contributed by atoms with E-state index in [4.69, 9.17) is 37.4 Å². The number of nitrogens with zero attached hydrogens (tertiary/aromatic N) is 1. The van der Waals surface area contributed by atoms with Gasteiger partial charge in [0.1, 0.15) is 6.04 Å². The van der Waals surface area contributed by atoms with E-state index in [1.807, 2.05) is 49.3 Å². The molecule has 0 aromatic heterocycles. The Kier molecular flexibility index (Phi) is 11.9. The molecule has 0 radical (unpaired) electrons. The Morgan fingerprint density at radius 2 is 1.88 bits per heavy atom. The van der Waals surface area contributed by atoms with Crippen LogP contribution in [0.5, 0.6) is 0 Å². The van der Waals surface area contributed by atoms with Crippen LogP contribution in [0.15, 0.2) is 30.3 Å². The van der Waals surface area contributed by atoms with Gasteiger partial charge >= 0.3 is 5.97 Å². The van der Waals surface area contributed by atoms with Gasteiger partial charge in [-0.15, -0.1) is 23.2 Å². The standard InChI is InChI=1S/C23H34Cl2N2O6/c1-27(2)9-10-32-11-12-33-21-17(24)14-16(20(28)19(21)25)22(29)26-18(23(30)31-3)13-15-7-5-4-6-8-15/h4-8,16-21,28H,9-14H2,1-3H3,(H,26,29)/t16?,17?,18-,19?,20?,21?/m0/s1. The minimum atomic E-state index is -1.18. The van der Waals surface area contributed by atoms with Gasteiger partial charge in [0.05, 0.1) is 55.8 Å². The lowest BCUT2D eigenvalue weighted by atomic mass is 9.83. The number of esters is 1. The highest BCUT2D eigenvalue weighted by Crippen LogP contribution is 2.34. The third-order valence-electron chi connectivity index (χ3n) is 5.53. The van der Waals surface area contributed by atoms with Gasteiger partial charge in [0.15, 0.2) is 0 Å². The quantitative estimate of drug-likeness (QED) is 0.252. The number of methoxy groups -OCH3 is 1. The van der Waals surface area contributed by atoms with Gasteiger partial charge in [-0.05, 0) is 26.1 Å². The lowest BCUT2D eigenvalue weighted by molar-refractivity contribution is -0.147. The maximum absolute atomic E-state index is 13.0. The molecule has 0 bridgehead atoms. The van der Waals surface area contributed by atoms with Crippen molar-refractivity contribution in [1.82, 2.24) is 10.2 Å². The Morgan fingerprint density at radius 1 is 1.18 bits per heavy atom. The van der Waals surface area contributed by atoms with Gasteiger partial charge in [-0.3, -0.25) is 4.79 Å². The molecule has 1 saturated carbocycles. The number of ether oxygens (including phenoxy) is 3. The molecule has 1 fully saturated rings. The fraction of sp³-hybridized carbons (Fsp3) is 0.652. The average Bonchev–Trinajstić information content (AvgIpc) is 2.79. The molecule has 1 aliphatic carbocycles. The third kappa shape index (κ3) is 8.70. The van der Waals surface area contributed by atoms with Crippen LogP contribution in [0.2, 0.25) is 0 Å². The first-order chi connectivity index (χ1) is 15.7. The van der Waals surface area contributed by atoms with E-state index in [-0.39, 0.29) is 19.4 Å². The molecule has 5 unspecified atom stereocenters. The summed E-state index contributed by atoms with van der Waals surface area (Å²) in [4.78, 5) is 27.2. The van der Waals surface area contributed by atoms with Gasteiger partial charge < -0.3 is 29.5 Å². The summed E-state index contributed by atoms with van der Waals surface area (Å²) in [5, 5.41) is 11.9. The van der Waals surface area contributed by atoms with E-state index in [0.29, 0.717) is 13.2 Å². The number of nitrogens with one attached hydrogen (secondary N) is 1. The van der Waals surface area contributed by atoms with Crippen LogP contribution >= 0.6 is 23.2 Å². The maximum atomic E-state index is 13.0. The molecular weight excluding hydrogens is 471 g/mol. The van der Waals surface area contributed by atoms with Crippen molar-refractivity contribution in [3.05, 3.63) is 35.9 Å². The monoisotopic (exact) mass is 504 g/mol. The van der Waals surface area contributed by atoms with Gasteiger partial charge in [-0.1, -0.05) is 30.3 Å². The average molecular weight is 505 g/mol. The first-order valence-corrected chi connectivity index (χ1v) is 11.8. The van der Waals surface area contributed by atoms with E-state index >= 15 is 0 Å². The Bertz CT molecular complexity index is 739. The number of halogens is 2. The summed E-state index contributed by atoms with van der Waals surface area (Å²) in [6.45, 7) is 2.02. The number of aliphatic hydroxyl groups excluding tert-OH is 1. The molecule has 0 saturated heterocycles. The minimum Gasteiger partial charge on any atom is -0.467 e. The first kappa shape index (κ1) is 27.8. The van der Waals surface area contributed by atoms with Gasteiger partial charge in [-0.2, -0.15) is 0 Å². The highest BCUT2D eigenvalue weighted by molar-refractivity contribution is 6.25. The SMILES string of the molecule is COC(=O)[C@H](Cc1ccccc1)NC(=O)C1CC(Cl)C(OCCOCCN(C)C)C(Cl)C1O. The summed E-state index contributed by atoms with van der Waals surface area (Å²) in [6, 6.07) is 8.37. The highest BCUT2D eigenvalue weighted by Gasteiger charge is 2.46. The number of alkyl halides is 2. The van der Waals surface area contributed by atoms with E-state index in [2.05, 4.69) is 5.32 Å². The Morgan fingerprint density at radius 3 is 2.52 bits per heavy atom. The summed E-state index contributed by atoms with van der Waals surface area (Å²) >= 11 is 12.9. The second-order valence-electron chi connectivity index (χ2n) is 8.32. The molecule has 2 rings (SSSR count). The van der Waals surface area contributed by atoms with Gasteiger partial charge in [0.25, 0.3) is 0 Å². The summed E-state index contributed by atoms with van der Waals surface area (Å²) in [7, 11) is 5.18. The van der Waals surface area contributed by atoms with Crippen molar-refractivity contribution in [3.8, 4) is 0 Å². The molecule has 1 aromatic rings. The summed E-state index contributed by atoms with van der Waals surface area (Å²) < 4.78 is 16.1. The van der Waals surface area contributed by atoms with Crippen LogP contribution in [0.4, 0.5) is 0 Å². The zero-order chi connectivity index (χ0) is 24.4. The van der Waals surface area contributed by atoms with Crippen molar-refractivity contribution in [3.63, 3.8) is 0 Å². The number of benzene rings is 1. The topological polar surface area (TPSA) is 97.3 Å². The van der Waals surface area contributed by atoms with Crippen LogP contribution in [0.25, 0.3) is 0 Å². The van der Waals surface area contributed by atoms with E-state index in [1.54, 1.807) is 0 Å². The van der Waals surface area contributed by atoms with Gasteiger partial charge in [0, 0.05) is 13.0 Å². The highest BCUT2D eigenvalue weighted by atomic mass is 35.5. The van der Waals surface area contributed by atoms with Crippen LogP contribution in [-0.4, -0.2) is 98.5 Å². The molecule has 1 amide bonds. The minimum absolute atomic E-state index is 0.156. The van der Waals surface area contributed by atoms with Crippen LogP contribution < -0.4 is 5.32 Å². The van der Waals surface area contributed by atoms with Crippen molar-refractivity contribution < 1.29 is 28.9 Å². The fourth-order valence-electron chi connectivity index (χ4n) is 3.65. The molecular formula is C23H34Cl2N2O6. The molecule has 6 atom stereocenters. The van der Waals surface area contributed by atoms with Crippen LogP contribution in [0.1, 0.15) is 12.0 Å². The largest absolute Gasteiger partial charge is 0.467 e. The Balaban J connectivity index is 1.91. The molecule has 10 heteroatoms. The molecule has 2 N–H and O–H groups in total. The number of amides is 1. The van der Waals surface area contributed by atoms with Crippen molar-refractivity contribution in [2.45, 2.75) is 41.8 Å². The number of rotatable bonds is 12. The van der Waals surface area contributed by atoms with E-state index in [0.717, 1.165) is 12.1 Å². The predicted octanol–water partition coefficient (Wildman–Crippen LogP) is 1.45. The summed E-state index contributed by atoms with van der Waals surface area (Å²) in [5.74, 6) is -1.96. The van der Waals surface area contributed by atoms with Crippen LogP contribution in [0.3, 0.4) is 0 Å². The van der Waals surface area contributed by atoms with Crippen molar-refractivity contribution in [1.29, 1.82) is 0 Å². The number of likely N-dealkylation sites (N-methyl/N-ethyl adjacent to an activating group) is 1. The van der Waals surface area contributed by atoms with E-state index in [1.165, 1.54) is 7.11 Å². The van der Waals surface area contributed by atoms with Crippen LogP contribution in [-0.2, 0) is 30.2 Å². The molecule has 0 spiro atoms. The molecule has 0 aliphatic heterocycles. The maximum Gasteiger partial charge on any atom is 0.328 e. The number of carbonyl (C=O) groups excluding carboxylic acids is 2. The smallest absolute Gasteiger partial charge is 0.328 e. The molecule has 0 heterocycles. The molecule has 33 heavy (non-hydrogen) atoms. The van der Waals surface area contributed by atoms with Gasteiger partial charge in [-0.25, -0.2) is 4.79 Å². The normalized spacial score (nSPS) is 26.1. The zero-order valence-corrected chi connectivity index (χ0v) is 20.8. The Labute approximate surface area is 205 Å². The van der Waals surface area contributed by atoms with E-state index < -0.39 is 46.8 Å². The number of carbonyl (C=O) groups is 2. The number of hydrogen-bond acceptors (Lipinski definition) is 7. The van der Waals surface area contributed by atoms with Crippen molar-refractivity contribution in [2.24, 2.45) is 5.92 Å². The molecule has 8 nitrogen and oxygen atoms in total. The molecule has 186 valence electrons. The summed E-state index contributed by atoms with van der Waals surface area (Å²) in [6.07, 6.45) is -1.40. The lowest BCUT2D eigenvalue weighted by Crippen LogP contribution is -2.56. The second-order valence-corrected chi connectivity index (χ2v) is 9.38. The van der Waals surface area contributed by atoms with Crippen molar-refractivity contribution >= 4 is 35.1 Å². The number of aliphatic hydroxyl groups is 1. The Hall–Kier alpha value is -1.42. The second kappa shape index (κ2) is 14.1. The molecule has 1 aliphatic rings. The number of hydrogen-bond donors (Lipinski definition) is 2. The van der Waals surface area contributed by atoms with Crippen LogP contribution in [0, 0.1) is 5.92 Å². The molecule has 1 aromatic carbocycles. The van der Waals surface area contributed by atoms with E-state index in [9.17, 15) is 14.7 Å².